The van der Waals surface area contributed by atoms with Crippen molar-refractivity contribution >= 4 is 11.0 Å². The molecule has 124 valence electrons. The Labute approximate surface area is 143 Å². The van der Waals surface area contributed by atoms with Crippen molar-refractivity contribution in [2.24, 2.45) is 0 Å². The molecule has 2 heterocycles. The molecule has 0 atom stereocenters. The molecular formula is C21H24N2O. The van der Waals surface area contributed by atoms with Crippen molar-refractivity contribution in [3.8, 4) is 0 Å². The molecule has 1 aromatic heterocycles. The number of hydrogen-bond donors (Lipinski definition) is 0. The van der Waals surface area contributed by atoms with Gasteiger partial charge in [-0.15, -0.1) is 0 Å². The van der Waals surface area contributed by atoms with Crippen LogP contribution in [0.1, 0.15) is 17.7 Å². The SMILES string of the molecule is c1ccc(CN2CCCN(Cc3cc4ccccc4o3)CC2)cc1. The van der Waals surface area contributed by atoms with Crippen molar-refractivity contribution in [2.45, 2.75) is 19.5 Å². The third-order valence-electron chi connectivity index (χ3n) is 4.79. The molecule has 2 aromatic carbocycles. The largest absolute Gasteiger partial charge is 0.460 e. The Balaban J connectivity index is 1.36. The van der Waals surface area contributed by atoms with Crippen LogP contribution in [-0.2, 0) is 13.1 Å². The van der Waals surface area contributed by atoms with E-state index in [2.05, 4.69) is 58.3 Å². The molecule has 3 aromatic rings. The highest BCUT2D eigenvalue weighted by Crippen LogP contribution is 2.20. The van der Waals surface area contributed by atoms with Crippen LogP contribution >= 0.6 is 0 Å². The van der Waals surface area contributed by atoms with Crippen LogP contribution in [0, 0.1) is 0 Å². The van der Waals surface area contributed by atoms with Crippen molar-refractivity contribution in [3.63, 3.8) is 0 Å². The summed E-state index contributed by atoms with van der Waals surface area (Å²) in [7, 11) is 0. The van der Waals surface area contributed by atoms with Crippen molar-refractivity contribution in [1.82, 2.24) is 9.80 Å². The van der Waals surface area contributed by atoms with Crippen LogP contribution in [0.3, 0.4) is 0 Å². The number of nitrogens with zero attached hydrogens (tertiary/aromatic N) is 2. The van der Waals surface area contributed by atoms with E-state index >= 15 is 0 Å². The van der Waals surface area contributed by atoms with E-state index in [1.165, 1.54) is 23.9 Å². The molecule has 0 aliphatic carbocycles. The second kappa shape index (κ2) is 7.20. The average Bonchev–Trinajstić information content (AvgIpc) is 2.89. The fourth-order valence-electron chi connectivity index (χ4n) is 3.52. The molecular weight excluding hydrogens is 296 g/mol. The molecule has 0 bridgehead atoms. The van der Waals surface area contributed by atoms with Gasteiger partial charge < -0.3 is 4.42 Å². The van der Waals surface area contributed by atoms with Crippen LogP contribution in [0.2, 0.25) is 0 Å². The van der Waals surface area contributed by atoms with Crippen molar-refractivity contribution in [3.05, 3.63) is 72.0 Å². The lowest BCUT2D eigenvalue weighted by Gasteiger charge is -2.21. The Morgan fingerprint density at radius 3 is 2.25 bits per heavy atom. The minimum Gasteiger partial charge on any atom is -0.460 e. The molecule has 24 heavy (non-hydrogen) atoms. The Morgan fingerprint density at radius 1 is 0.750 bits per heavy atom. The molecule has 0 N–H and O–H groups in total. The Kier molecular flexibility index (Phi) is 4.63. The van der Waals surface area contributed by atoms with Gasteiger partial charge in [-0.3, -0.25) is 9.80 Å². The van der Waals surface area contributed by atoms with Gasteiger partial charge in [0.15, 0.2) is 0 Å². The molecule has 0 radical (unpaired) electrons. The summed E-state index contributed by atoms with van der Waals surface area (Å²) in [6, 6.07) is 21.2. The van der Waals surface area contributed by atoms with Crippen LogP contribution in [0.4, 0.5) is 0 Å². The summed E-state index contributed by atoms with van der Waals surface area (Å²) in [6.45, 7) is 6.50. The minimum atomic E-state index is 0.911. The van der Waals surface area contributed by atoms with E-state index in [1.54, 1.807) is 0 Å². The molecule has 0 unspecified atom stereocenters. The summed E-state index contributed by atoms with van der Waals surface area (Å²) in [4.78, 5) is 5.08. The number of para-hydroxylation sites is 1. The molecule has 1 aliphatic heterocycles. The Hall–Kier alpha value is -2.10. The van der Waals surface area contributed by atoms with Crippen molar-refractivity contribution in [2.75, 3.05) is 26.2 Å². The quantitative estimate of drug-likeness (QED) is 0.720. The summed E-state index contributed by atoms with van der Waals surface area (Å²) in [5.74, 6) is 1.08. The minimum absolute atomic E-state index is 0.911. The molecule has 0 spiro atoms. The number of furan rings is 1. The van der Waals surface area contributed by atoms with Gasteiger partial charge in [0.05, 0.1) is 6.54 Å². The predicted molar refractivity (Wildman–Crippen MR) is 97.8 cm³/mol. The normalized spacial score (nSPS) is 17.2. The lowest BCUT2D eigenvalue weighted by molar-refractivity contribution is 0.236. The lowest BCUT2D eigenvalue weighted by atomic mass is 10.2. The zero-order chi connectivity index (χ0) is 16.2. The van der Waals surface area contributed by atoms with Gasteiger partial charge >= 0.3 is 0 Å². The monoisotopic (exact) mass is 320 g/mol. The van der Waals surface area contributed by atoms with E-state index in [4.69, 9.17) is 4.42 Å². The number of benzene rings is 2. The first-order chi connectivity index (χ1) is 11.9. The maximum atomic E-state index is 5.98. The van der Waals surface area contributed by atoms with E-state index in [0.717, 1.165) is 44.1 Å². The fraction of sp³-hybridized carbons (Fsp3) is 0.333. The number of rotatable bonds is 4. The fourth-order valence-corrected chi connectivity index (χ4v) is 3.52. The topological polar surface area (TPSA) is 19.6 Å². The highest BCUT2D eigenvalue weighted by Gasteiger charge is 2.16. The standard InChI is InChI=1S/C21H24N2O/c1-2-7-18(8-3-1)16-22-11-6-12-23(14-13-22)17-20-15-19-9-4-5-10-21(19)24-20/h1-5,7-10,15H,6,11-14,16-17H2. The van der Waals surface area contributed by atoms with Gasteiger partial charge in [-0.25, -0.2) is 0 Å². The highest BCUT2D eigenvalue weighted by molar-refractivity contribution is 5.77. The third-order valence-corrected chi connectivity index (χ3v) is 4.79. The molecule has 3 nitrogen and oxygen atoms in total. The van der Waals surface area contributed by atoms with E-state index in [1.807, 2.05) is 12.1 Å². The van der Waals surface area contributed by atoms with Crippen molar-refractivity contribution < 1.29 is 4.42 Å². The summed E-state index contributed by atoms with van der Waals surface area (Å²) in [5.41, 5.74) is 2.40. The van der Waals surface area contributed by atoms with Crippen molar-refractivity contribution in [1.29, 1.82) is 0 Å². The van der Waals surface area contributed by atoms with Crippen LogP contribution in [-0.4, -0.2) is 36.0 Å². The number of hydrogen-bond acceptors (Lipinski definition) is 3. The first kappa shape index (κ1) is 15.4. The molecule has 1 saturated heterocycles. The average molecular weight is 320 g/mol. The zero-order valence-corrected chi connectivity index (χ0v) is 14.0. The maximum Gasteiger partial charge on any atom is 0.134 e. The molecule has 3 heteroatoms. The van der Waals surface area contributed by atoms with E-state index in [9.17, 15) is 0 Å². The summed E-state index contributed by atoms with van der Waals surface area (Å²) in [6.07, 6.45) is 1.22. The Bertz CT molecular complexity index is 748. The lowest BCUT2D eigenvalue weighted by Crippen LogP contribution is -2.30. The van der Waals surface area contributed by atoms with Crippen LogP contribution in [0.15, 0.2) is 65.1 Å². The van der Waals surface area contributed by atoms with E-state index < -0.39 is 0 Å². The molecule has 1 aliphatic rings. The molecule has 0 saturated carbocycles. The summed E-state index contributed by atoms with van der Waals surface area (Å²) in [5, 5.41) is 1.20. The van der Waals surface area contributed by atoms with Gasteiger partial charge in [-0.2, -0.15) is 0 Å². The summed E-state index contributed by atoms with van der Waals surface area (Å²) >= 11 is 0. The van der Waals surface area contributed by atoms with Gasteiger partial charge in [0.2, 0.25) is 0 Å². The van der Waals surface area contributed by atoms with E-state index in [0.29, 0.717) is 0 Å². The van der Waals surface area contributed by atoms with Crippen LogP contribution < -0.4 is 0 Å². The zero-order valence-electron chi connectivity index (χ0n) is 14.0. The van der Waals surface area contributed by atoms with E-state index in [-0.39, 0.29) is 0 Å². The molecule has 0 amide bonds. The van der Waals surface area contributed by atoms with Crippen LogP contribution in [0.25, 0.3) is 11.0 Å². The van der Waals surface area contributed by atoms with Gasteiger partial charge in [-0.05, 0) is 37.2 Å². The first-order valence-corrected chi connectivity index (χ1v) is 8.83. The Morgan fingerprint density at radius 2 is 1.46 bits per heavy atom. The molecule has 1 fully saturated rings. The van der Waals surface area contributed by atoms with Crippen LogP contribution in [0.5, 0.6) is 0 Å². The van der Waals surface area contributed by atoms with Gasteiger partial charge in [-0.1, -0.05) is 48.5 Å². The first-order valence-electron chi connectivity index (χ1n) is 8.83. The number of fused-ring (bicyclic) bond motifs is 1. The smallest absolute Gasteiger partial charge is 0.134 e. The second-order valence-corrected chi connectivity index (χ2v) is 6.64. The second-order valence-electron chi connectivity index (χ2n) is 6.64. The van der Waals surface area contributed by atoms with Gasteiger partial charge in [0, 0.05) is 25.0 Å². The third kappa shape index (κ3) is 3.69. The summed E-state index contributed by atoms with van der Waals surface area (Å²) < 4.78 is 5.98. The van der Waals surface area contributed by atoms with Gasteiger partial charge in [0.25, 0.3) is 0 Å². The predicted octanol–water partition coefficient (Wildman–Crippen LogP) is 4.14. The maximum absolute atomic E-state index is 5.98. The van der Waals surface area contributed by atoms with Gasteiger partial charge in [0.1, 0.15) is 11.3 Å². The molecule has 4 rings (SSSR count). The highest BCUT2D eigenvalue weighted by atomic mass is 16.3.